The lowest BCUT2D eigenvalue weighted by atomic mass is 10.1. The lowest BCUT2D eigenvalue weighted by molar-refractivity contribution is 0.500. The van der Waals surface area contributed by atoms with E-state index in [2.05, 4.69) is 41.6 Å². The number of aromatic amines is 1. The first kappa shape index (κ1) is 11.0. The second-order valence-electron chi connectivity index (χ2n) is 5.34. The lowest BCUT2D eigenvalue weighted by Gasteiger charge is -2.14. The average molecular weight is 246 g/mol. The maximum Gasteiger partial charge on any atom is 0.178 e. The van der Waals surface area contributed by atoms with Crippen molar-refractivity contribution in [3.8, 4) is 0 Å². The van der Waals surface area contributed by atoms with Crippen LogP contribution in [0.15, 0.2) is 18.2 Å². The van der Waals surface area contributed by atoms with Crippen molar-refractivity contribution in [2.45, 2.75) is 39.2 Å². The van der Waals surface area contributed by atoms with Crippen molar-refractivity contribution in [3.05, 3.63) is 28.5 Å². The molecule has 1 fully saturated rings. The Labute approximate surface area is 107 Å². The predicted molar refractivity (Wildman–Crippen MR) is 73.9 cm³/mol. The van der Waals surface area contributed by atoms with Crippen LogP contribution in [0.25, 0.3) is 11.0 Å². The second kappa shape index (κ2) is 3.98. The molecule has 90 valence electrons. The minimum absolute atomic E-state index is 0.590. The zero-order valence-corrected chi connectivity index (χ0v) is 11.2. The third-order valence-corrected chi connectivity index (χ3v) is 4.27. The van der Waals surface area contributed by atoms with Gasteiger partial charge in [0.15, 0.2) is 4.77 Å². The molecule has 0 aliphatic heterocycles. The molecule has 1 aromatic heterocycles. The van der Waals surface area contributed by atoms with E-state index in [9.17, 15) is 0 Å². The molecule has 1 aromatic carbocycles. The van der Waals surface area contributed by atoms with E-state index >= 15 is 0 Å². The van der Waals surface area contributed by atoms with Gasteiger partial charge >= 0.3 is 0 Å². The second-order valence-corrected chi connectivity index (χ2v) is 5.73. The van der Waals surface area contributed by atoms with Crippen LogP contribution in [0.5, 0.6) is 0 Å². The highest BCUT2D eigenvalue weighted by Crippen LogP contribution is 2.36. The molecular weight excluding hydrogens is 228 g/mol. The maximum atomic E-state index is 5.50. The van der Waals surface area contributed by atoms with Crippen molar-refractivity contribution in [1.82, 2.24) is 9.55 Å². The summed E-state index contributed by atoms with van der Waals surface area (Å²) in [4.78, 5) is 3.34. The molecule has 0 bridgehead atoms. The largest absolute Gasteiger partial charge is 0.331 e. The van der Waals surface area contributed by atoms with Gasteiger partial charge < -0.3 is 9.55 Å². The Morgan fingerprint density at radius 2 is 2.18 bits per heavy atom. The Balaban J connectivity index is 2.21. The highest BCUT2D eigenvalue weighted by molar-refractivity contribution is 7.71. The summed E-state index contributed by atoms with van der Waals surface area (Å²) in [5, 5.41) is 0. The molecule has 0 saturated heterocycles. The minimum Gasteiger partial charge on any atom is -0.331 e. The van der Waals surface area contributed by atoms with Crippen LogP contribution in [0.3, 0.4) is 0 Å². The number of nitrogens with zero attached hydrogens (tertiary/aromatic N) is 1. The van der Waals surface area contributed by atoms with Gasteiger partial charge in [0.1, 0.15) is 0 Å². The number of benzene rings is 1. The van der Waals surface area contributed by atoms with Crippen LogP contribution in [0.1, 0.15) is 37.8 Å². The van der Waals surface area contributed by atoms with E-state index in [0.717, 1.165) is 10.7 Å². The van der Waals surface area contributed by atoms with Crippen molar-refractivity contribution < 1.29 is 0 Å². The molecule has 1 heterocycles. The van der Waals surface area contributed by atoms with Gasteiger partial charge in [0.2, 0.25) is 0 Å². The number of aryl methyl sites for hydroxylation is 1. The van der Waals surface area contributed by atoms with Crippen LogP contribution >= 0.6 is 12.2 Å². The van der Waals surface area contributed by atoms with Crippen LogP contribution < -0.4 is 0 Å². The molecule has 2 unspecified atom stereocenters. The topological polar surface area (TPSA) is 20.7 Å². The normalized spacial score (nSPS) is 24.6. The zero-order chi connectivity index (χ0) is 12.0. The van der Waals surface area contributed by atoms with Crippen molar-refractivity contribution in [2.24, 2.45) is 5.92 Å². The average Bonchev–Trinajstić information content (AvgIpc) is 2.82. The molecule has 1 saturated carbocycles. The molecule has 3 rings (SSSR count). The van der Waals surface area contributed by atoms with E-state index < -0.39 is 0 Å². The van der Waals surface area contributed by atoms with Crippen LogP contribution in [0, 0.1) is 17.6 Å². The van der Waals surface area contributed by atoms with Crippen molar-refractivity contribution >= 4 is 23.3 Å². The first-order chi connectivity index (χ1) is 8.16. The number of H-pyrrole nitrogens is 1. The smallest absolute Gasteiger partial charge is 0.178 e. The van der Waals surface area contributed by atoms with Crippen LogP contribution in [0.4, 0.5) is 0 Å². The molecule has 2 atom stereocenters. The fraction of sp³-hybridized carbons (Fsp3) is 0.500. The number of fused-ring (bicyclic) bond motifs is 1. The van der Waals surface area contributed by atoms with Gasteiger partial charge in [-0.15, -0.1) is 0 Å². The van der Waals surface area contributed by atoms with Gasteiger partial charge in [-0.05, 0) is 56.0 Å². The van der Waals surface area contributed by atoms with E-state index in [-0.39, 0.29) is 0 Å². The Kier molecular flexibility index (Phi) is 2.58. The Morgan fingerprint density at radius 3 is 2.88 bits per heavy atom. The van der Waals surface area contributed by atoms with Gasteiger partial charge in [-0.2, -0.15) is 0 Å². The number of hydrogen-bond acceptors (Lipinski definition) is 1. The highest BCUT2D eigenvalue weighted by Gasteiger charge is 2.25. The van der Waals surface area contributed by atoms with E-state index in [1.54, 1.807) is 0 Å². The van der Waals surface area contributed by atoms with Crippen molar-refractivity contribution in [2.75, 3.05) is 0 Å². The minimum atomic E-state index is 0.590. The third-order valence-electron chi connectivity index (χ3n) is 3.97. The first-order valence-electron chi connectivity index (χ1n) is 6.36. The number of hydrogen-bond donors (Lipinski definition) is 1. The predicted octanol–water partition coefficient (Wildman–Crippen LogP) is 4.37. The summed E-state index contributed by atoms with van der Waals surface area (Å²) in [6, 6.07) is 6.96. The van der Waals surface area contributed by atoms with Gasteiger partial charge in [-0.1, -0.05) is 19.1 Å². The fourth-order valence-electron chi connectivity index (χ4n) is 3.12. The van der Waals surface area contributed by atoms with Gasteiger partial charge in [0.05, 0.1) is 11.0 Å². The molecule has 2 aromatic rings. The highest BCUT2D eigenvalue weighted by atomic mass is 32.1. The molecule has 1 aliphatic rings. The maximum absolute atomic E-state index is 5.50. The number of rotatable bonds is 1. The summed E-state index contributed by atoms with van der Waals surface area (Å²) >= 11 is 5.50. The summed E-state index contributed by atoms with van der Waals surface area (Å²) in [6.07, 6.45) is 3.84. The molecule has 1 N–H and O–H groups in total. The van der Waals surface area contributed by atoms with Gasteiger partial charge in [-0.25, -0.2) is 0 Å². The van der Waals surface area contributed by atoms with Crippen LogP contribution in [-0.2, 0) is 0 Å². The summed E-state index contributed by atoms with van der Waals surface area (Å²) < 4.78 is 3.23. The molecule has 0 spiro atoms. The zero-order valence-electron chi connectivity index (χ0n) is 10.4. The first-order valence-corrected chi connectivity index (χ1v) is 6.77. The number of aromatic nitrogens is 2. The molecule has 2 nitrogen and oxygen atoms in total. The summed E-state index contributed by atoms with van der Waals surface area (Å²) in [5.41, 5.74) is 3.79. The summed E-state index contributed by atoms with van der Waals surface area (Å²) in [7, 11) is 0. The quantitative estimate of drug-likeness (QED) is 0.741. The molecule has 0 radical (unpaired) electrons. The van der Waals surface area contributed by atoms with Gasteiger partial charge in [0.25, 0.3) is 0 Å². The van der Waals surface area contributed by atoms with Crippen LogP contribution in [0.2, 0.25) is 0 Å². The SMILES string of the molecule is Cc1cccc2[nH]c(=S)n(C3CCC(C)C3)c12. The molecule has 0 amide bonds. The summed E-state index contributed by atoms with van der Waals surface area (Å²) in [5.74, 6) is 0.830. The third kappa shape index (κ3) is 1.73. The van der Waals surface area contributed by atoms with E-state index in [1.165, 1.54) is 35.9 Å². The standard InChI is InChI=1S/C14H18N2S/c1-9-6-7-11(8-9)16-13-10(2)4-3-5-12(13)15-14(16)17/h3-5,9,11H,6-8H2,1-2H3,(H,15,17). The van der Waals surface area contributed by atoms with Crippen molar-refractivity contribution in [1.29, 1.82) is 0 Å². The van der Waals surface area contributed by atoms with E-state index in [1.807, 2.05) is 0 Å². The monoisotopic (exact) mass is 246 g/mol. The molecule has 1 aliphatic carbocycles. The number of imidazole rings is 1. The van der Waals surface area contributed by atoms with E-state index in [0.29, 0.717) is 6.04 Å². The molecule has 3 heteroatoms. The fourth-order valence-corrected chi connectivity index (χ4v) is 3.47. The Morgan fingerprint density at radius 1 is 1.35 bits per heavy atom. The van der Waals surface area contributed by atoms with Crippen molar-refractivity contribution in [3.63, 3.8) is 0 Å². The summed E-state index contributed by atoms with van der Waals surface area (Å²) in [6.45, 7) is 4.51. The van der Waals surface area contributed by atoms with Gasteiger partial charge in [0, 0.05) is 6.04 Å². The van der Waals surface area contributed by atoms with Crippen LogP contribution in [-0.4, -0.2) is 9.55 Å². The molecular formula is C14H18N2S. The van der Waals surface area contributed by atoms with Gasteiger partial charge in [-0.3, -0.25) is 0 Å². The lowest BCUT2D eigenvalue weighted by Crippen LogP contribution is -2.06. The van der Waals surface area contributed by atoms with E-state index in [4.69, 9.17) is 12.2 Å². The molecule has 17 heavy (non-hydrogen) atoms. The number of nitrogens with one attached hydrogen (secondary N) is 1. The Hall–Kier alpha value is -1.09. The Bertz CT molecular complexity index is 608. The number of para-hydroxylation sites is 1.